The van der Waals surface area contributed by atoms with E-state index in [1.165, 1.54) is 46.4 Å². The first-order chi connectivity index (χ1) is 20.8. The number of aliphatic hydroxyl groups excluding tert-OH is 3. The van der Waals surface area contributed by atoms with E-state index in [9.17, 15) is 29.7 Å². The summed E-state index contributed by atoms with van der Waals surface area (Å²) >= 11 is 1.62. The molecule has 9 nitrogen and oxygen atoms in total. The second kappa shape index (κ2) is 20.0. The van der Waals surface area contributed by atoms with Gasteiger partial charge in [0.25, 0.3) is 0 Å². The fourth-order valence-corrected chi connectivity index (χ4v) is 3.89. The van der Waals surface area contributed by atoms with Crippen LogP contribution >= 0.6 is 0 Å². The van der Waals surface area contributed by atoms with Gasteiger partial charge in [0.05, 0.1) is 17.9 Å². The van der Waals surface area contributed by atoms with Crippen molar-refractivity contribution in [3.8, 4) is 0 Å². The molecule has 0 unspecified atom stereocenters. The molecule has 0 aliphatic heterocycles. The van der Waals surface area contributed by atoms with Gasteiger partial charge in [-0.25, -0.2) is 0 Å². The maximum Gasteiger partial charge on any atom is 0.118 e. The first-order valence-corrected chi connectivity index (χ1v) is 15.3. The molecule has 0 saturated heterocycles. The normalized spacial score (nSPS) is 12.2. The van der Waals surface area contributed by atoms with Crippen LogP contribution in [0.4, 0.5) is 0 Å². The molecule has 3 atom stereocenters. The van der Waals surface area contributed by atoms with E-state index in [0.717, 1.165) is 0 Å². The molecule has 0 radical (unpaired) electrons. The van der Waals surface area contributed by atoms with Gasteiger partial charge in [-0.2, -0.15) is 0 Å². The molecule has 4 aromatic rings. The summed E-state index contributed by atoms with van der Waals surface area (Å²) in [5.41, 5.74) is 2.85. The summed E-state index contributed by atoms with van der Waals surface area (Å²) in [6.45, 7) is 4.61. The van der Waals surface area contributed by atoms with E-state index in [2.05, 4.69) is 44.2 Å². The number of aliphatic hydroxyl groups is 3. The van der Waals surface area contributed by atoms with E-state index in [1.807, 2.05) is 0 Å². The summed E-state index contributed by atoms with van der Waals surface area (Å²) < 4.78 is 1.28. The van der Waals surface area contributed by atoms with Crippen LogP contribution in [-0.4, -0.2) is 55.8 Å². The third-order valence-electron chi connectivity index (χ3n) is 6.01. The monoisotopic (exact) mass is 706 g/mol. The largest absolute Gasteiger partial charge is 0.547 e. The molecule has 0 aromatic heterocycles. The van der Waals surface area contributed by atoms with Crippen LogP contribution in [0.3, 0.4) is 0 Å². The van der Waals surface area contributed by atoms with Crippen molar-refractivity contribution in [1.82, 2.24) is 0 Å². The SMILES string of the molecule is CC(C)([CH2][Sn+3])c1ccccc1.O=C([O-])[C@@H](O)c1ccccc1.O=C([O-])[C@@H](O)c1ccccc1.O=C([O-])[C@@H](O)c1ccccc1. The molecule has 0 bridgehead atoms. The Kier molecular flexibility index (Phi) is 17.3. The number of carbonyl (C=O) groups excluding carboxylic acids is 3. The number of rotatable bonds is 8. The number of hydrogen-bond acceptors (Lipinski definition) is 9. The predicted octanol–water partition coefficient (Wildman–Crippen LogP) is 0.961. The van der Waals surface area contributed by atoms with Crippen molar-refractivity contribution in [3.05, 3.63) is 144 Å². The Labute approximate surface area is 270 Å². The molecule has 0 spiro atoms. The van der Waals surface area contributed by atoms with Crippen molar-refractivity contribution in [2.24, 2.45) is 0 Å². The summed E-state index contributed by atoms with van der Waals surface area (Å²) in [6.07, 6.45) is -4.55. The molecular formula is C34H34O9Sn. The Bertz CT molecular complexity index is 1250. The van der Waals surface area contributed by atoms with Gasteiger partial charge >= 0.3 is 82.1 Å². The Morgan fingerprint density at radius 1 is 0.545 bits per heavy atom. The van der Waals surface area contributed by atoms with Gasteiger partial charge in [0.2, 0.25) is 0 Å². The molecule has 10 heteroatoms. The average Bonchev–Trinajstić information content (AvgIpc) is 3.06. The quantitative estimate of drug-likeness (QED) is 0.225. The topological polar surface area (TPSA) is 181 Å². The Hall–Kier alpha value is -4.03. The van der Waals surface area contributed by atoms with Crippen LogP contribution in [0.15, 0.2) is 121 Å². The second-order valence-corrected chi connectivity index (χ2v) is 10.8. The molecule has 0 saturated carbocycles. The molecular weight excluding hydrogens is 671 g/mol. The molecule has 0 heterocycles. The van der Waals surface area contributed by atoms with Gasteiger partial charge < -0.3 is 45.0 Å². The molecule has 228 valence electrons. The zero-order chi connectivity index (χ0) is 33.1. The van der Waals surface area contributed by atoms with Gasteiger partial charge in [0.1, 0.15) is 18.3 Å². The molecule has 0 aliphatic carbocycles. The van der Waals surface area contributed by atoms with Crippen molar-refractivity contribution in [1.29, 1.82) is 0 Å². The Morgan fingerprint density at radius 2 is 0.773 bits per heavy atom. The molecule has 4 rings (SSSR count). The number of benzene rings is 4. The van der Waals surface area contributed by atoms with Crippen LogP contribution in [-0.2, 0) is 19.8 Å². The standard InChI is InChI=1S/C10H13.3C8H8O3.Sn/c1-10(2,3)9-7-5-4-6-8-9;3*9-7(8(10)11)6-4-2-1-3-5-6;/h4-8H,1H2,2-3H3;3*1-5,7,9H,(H,10,11);/q;;;;+3/p-3/t;3*7-;/m.000./s1. The smallest absolute Gasteiger partial charge is 0.118 e. The maximum absolute atomic E-state index is 10.1. The summed E-state index contributed by atoms with van der Waals surface area (Å²) in [4.78, 5) is 30.4. The van der Waals surface area contributed by atoms with E-state index in [1.54, 1.807) is 77.1 Å². The number of carbonyl (C=O) groups is 3. The molecule has 0 aliphatic rings. The second-order valence-electron chi connectivity index (χ2n) is 9.82. The van der Waals surface area contributed by atoms with Crippen LogP contribution in [0.25, 0.3) is 0 Å². The third kappa shape index (κ3) is 14.0. The zero-order valence-corrected chi connectivity index (χ0v) is 27.1. The van der Waals surface area contributed by atoms with E-state index in [4.69, 9.17) is 15.3 Å². The van der Waals surface area contributed by atoms with Crippen LogP contribution in [0.1, 0.15) is 54.4 Å². The van der Waals surface area contributed by atoms with Gasteiger partial charge in [-0.3, -0.25) is 0 Å². The summed E-state index contributed by atoms with van der Waals surface area (Å²) in [6, 6.07) is 35.0. The maximum atomic E-state index is 10.1. The van der Waals surface area contributed by atoms with Crippen molar-refractivity contribution >= 4 is 40.4 Å². The van der Waals surface area contributed by atoms with Crippen molar-refractivity contribution in [2.75, 3.05) is 0 Å². The number of hydrogen-bond donors (Lipinski definition) is 3. The van der Waals surface area contributed by atoms with Crippen molar-refractivity contribution in [2.45, 2.75) is 42.0 Å². The zero-order valence-electron chi connectivity index (χ0n) is 24.3. The Morgan fingerprint density at radius 3 is 0.977 bits per heavy atom. The first kappa shape index (κ1) is 38.0. The van der Waals surface area contributed by atoms with Crippen molar-refractivity contribution in [3.63, 3.8) is 0 Å². The number of carboxylic acids is 3. The molecule has 44 heavy (non-hydrogen) atoms. The number of carboxylic acid groups (broad SMARTS) is 3. The minimum absolute atomic E-state index is 0.340. The average molecular weight is 705 g/mol. The van der Waals surface area contributed by atoms with Gasteiger partial charge in [-0.05, 0) is 16.7 Å². The van der Waals surface area contributed by atoms with Crippen LogP contribution in [0, 0.1) is 0 Å². The number of aliphatic carboxylic acids is 3. The summed E-state index contributed by atoms with van der Waals surface area (Å²) in [5, 5.41) is 57.2. The van der Waals surface area contributed by atoms with E-state index >= 15 is 0 Å². The summed E-state index contributed by atoms with van der Waals surface area (Å²) in [5.74, 6) is -4.43. The van der Waals surface area contributed by atoms with Gasteiger partial charge in [-0.15, -0.1) is 0 Å². The molecule has 4 aromatic carbocycles. The predicted molar refractivity (Wildman–Crippen MR) is 159 cm³/mol. The fraction of sp³-hybridized carbons (Fsp3) is 0.206. The minimum Gasteiger partial charge on any atom is -0.547 e. The Balaban J connectivity index is 0.000000293. The molecule has 0 fully saturated rings. The molecule has 0 amide bonds. The third-order valence-corrected chi connectivity index (χ3v) is 8.54. The van der Waals surface area contributed by atoms with E-state index < -0.39 is 36.2 Å². The van der Waals surface area contributed by atoms with Gasteiger partial charge in [0, 0.05) is 0 Å². The van der Waals surface area contributed by atoms with Crippen LogP contribution in [0.5, 0.6) is 0 Å². The fourth-order valence-electron chi connectivity index (χ4n) is 3.31. The van der Waals surface area contributed by atoms with E-state index in [0.29, 0.717) is 22.1 Å². The van der Waals surface area contributed by atoms with Crippen LogP contribution in [0.2, 0.25) is 4.44 Å². The van der Waals surface area contributed by atoms with Crippen LogP contribution < -0.4 is 15.3 Å². The molecule has 3 N–H and O–H groups in total. The van der Waals surface area contributed by atoms with Gasteiger partial charge in [-0.1, -0.05) is 91.0 Å². The van der Waals surface area contributed by atoms with Gasteiger partial charge in [0.15, 0.2) is 0 Å². The first-order valence-electron chi connectivity index (χ1n) is 13.3. The minimum atomic E-state index is -1.52. The van der Waals surface area contributed by atoms with Crippen molar-refractivity contribution < 1.29 is 45.0 Å². The van der Waals surface area contributed by atoms with E-state index in [-0.39, 0.29) is 0 Å². The summed E-state index contributed by atoms with van der Waals surface area (Å²) in [7, 11) is 0.